The van der Waals surface area contributed by atoms with Crippen LogP contribution in [0.2, 0.25) is 0 Å². The highest BCUT2D eigenvalue weighted by Gasteiger charge is 2.30. The highest BCUT2D eigenvalue weighted by Crippen LogP contribution is 2.35. The van der Waals surface area contributed by atoms with Crippen molar-refractivity contribution in [3.8, 4) is 16.2 Å². The number of nitrogens with zero attached hydrogens (tertiary/aromatic N) is 2. The molecule has 1 fully saturated rings. The van der Waals surface area contributed by atoms with Crippen LogP contribution in [0, 0.1) is 12.8 Å². The van der Waals surface area contributed by atoms with E-state index in [2.05, 4.69) is 33.0 Å². The minimum absolute atomic E-state index is 0.0506. The van der Waals surface area contributed by atoms with Gasteiger partial charge in [0.05, 0.1) is 12.0 Å². The number of rotatable bonds is 8. The van der Waals surface area contributed by atoms with E-state index in [1.54, 1.807) is 7.11 Å². The van der Waals surface area contributed by atoms with Crippen LogP contribution in [-0.2, 0) is 6.42 Å². The minimum Gasteiger partial charge on any atom is -0.496 e. The van der Waals surface area contributed by atoms with Crippen molar-refractivity contribution in [2.75, 3.05) is 25.9 Å². The first-order valence-electron chi connectivity index (χ1n) is 10.4. The molecule has 5 nitrogen and oxygen atoms in total. The highest BCUT2D eigenvalue weighted by atomic mass is 79.9. The molecular weight excluding hydrogens is 474 g/mol. The van der Waals surface area contributed by atoms with Crippen molar-refractivity contribution in [3.05, 3.63) is 63.8 Å². The number of nitrogens with two attached hydrogens (primary N) is 1. The summed E-state index contributed by atoms with van der Waals surface area (Å²) in [7, 11) is 1.67. The fourth-order valence-corrected chi connectivity index (χ4v) is 4.93. The first-order chi connectivity index (χ1) is 14.9. The van der Waals surface area contributed by atoms with Crippen LogP contribution in [0.4, 0.5) is 5.13 Å². The molecule has 7 heteroatoms. The van der Waals surface area contributed by atoms with Crippen molar-refractivity contribution in [1.82, 2.24) is 9.88 Å². The Bertz CT molecular complexity index is 1090. The molecular formula is C24H26BrN3O2S. The van der Waals surface area contributed by atoms with E-state index in [1.165, 1.54) is 24.2 Å². The van der Waals surface area contributed by atoms with Crippen molar-refractivity contribution in [2.24, 2.45) is 5.92 Å². The smallest absolute Gasteiger partial charge is 0.274 e. The van der Waals surface area contributed by atoms with E-state index in [-0.39, 0.29) is 5.91 Å². The Labute approximate surface area is 195 Å². The number of ether oxygens (including phenoxy) is 1. The molecule has 0 aliphatic heterocycles. The molecule has 0 bridgehead atoms. The summed E-state index contributed by atoms with van der Waals surface area (Å²) in [6.07, 6.45) is 3.06. The summed E-state index contributed by atoms with van der Waals surface area (Å²) in [4.78, 5) is 20.8. The zero-order valence-corrected chi connectivity index (χ0v) is 20.1. The lowest BCUT2D eigenvalue weighted by Gasteiger charge is -2.23. The van der Waals surface area contributed by atoms with Gasteiger partial charge in [-0.2, -0.15) is 0 Å². The Morgan fingerprint density at radius 1 is 1.29 bits per heavy atom. The second-order valence-electron chi connectivity index (χ2n) is 8.00. The third kappa shape index (κ3) is 5.28. The van der Waals surface area contributed by atoms with Crippen LogP contribution >= 0.6 is 27.3 Å². The number of aryl methyl sites for hydroxylation is 1. The summed E-state index contributed by atoms with van der Waals surface area (Å²) in [6.45, 7) is 3.40. The van der Waals surface area contributed by atoms with Gasteiger partial charge in [0.25, 0.3) is 5.91 Å². The quantitative estimate of drug-likeness (QED) is 0.439. The van der Waals surface area contributed by atoms with Crippen LogP contribution in [0.5, 0.6) is 5.75 Å². The largest absolute Gasteiger partial charge is 0.496 e. The summed E-state index contributed by atoms with van der Waals surface area (Å²) in [5, 5.41) is 0.417. The number of nitrogen functional groups attached to an aromatic ring is 1. The second-order valence-corrected chi connectivity index (χ2v) is 9.95. The lowest BCUT2D eigenvalue weighted by atomic mass is 10.1. The molecule has 1 aliphatic carbocycles. The predicted octanol–water partition coefficient (Wildman–Crippen LogP) is 5.57. The number of halogens is 1. The number of hydrogen-bond donors (Lipinski definition) is 1. The van der Waals surface area contributed by atoms with Crippen LogP contribution in [-0.4, -0.2) is 36.0 Å². The van der Waals surface area contributed by atoms with Gasteiger partial charge in [0.2, 0.25) is 0 Å². The standard InChI is InChI=1S/C24H26BrN3O2S/c1-15-4-3-5-18(12-15)22-21(27-24(26)31-22)23(29)28(14-16-6-7-16)11-10-17-13-19(25)8-9-20(17)30-2/h3-5,8-9,12-13,16H,6-7,10-11,14H2,1-2H3,(H2,26,27). The molecule has 1 amide bonds. The van der Waals surface area contributed by atoms with Crippen LogP contribution in [0.15, 0.2) is 46.9 Å². The zero-order chi connectivity index (χ0) is 22.0. The van der Waals surface area contributed by atoms with E-state index in [0.29, 0.717) is 29.7 Å². The SMILES string of the molecule is COc1ccc(Br)cc1CCN(CC1CC1)C(=O)c1nc(N)sc1-c1cccc(C)c1. The van der Waals surface area contributed by atoms with E-state index in [9.17, 15) is 4.79 Å². The van der Waals surface area contributed by atoms with Crippen LogP contribution in [0.1, 0.15) is 34.5 Å². The monoisotopic (exact) mass is 499 g/mol. The number of anilines is 1. The van der Waals surface area contributed by atoms with Gasteiger partial charge >= 0.3 is 0 Å². The predicted molar refractivity (Wildman–Crippen MR) is 130 cm³/mol. The van der Waals surface area contributed by atoms with E-state index < -0.39 is 0 Å². The van der Waals surface area contributed by atoms with Gasteiger partial charge in [0.1, 0.15) is 11.4 Å². The Kier molecular flexibility index (Phi) is 6.62. The molecule has 0 unspecified atom stereocenters. The molecule has 0 atom stereocenters. The zero-order valence-electron chi connectivity index (χ0n) is 17.7. The van der Waals surface area contributed by atoms with Gasteiger partial charge in [-0.3, -0.25) is 4.79 Å². The third-order valence-electron chi connectivity index (χ3n) is 5.48. The summed E-state index contributed by atoms with van der Waals surface area (Å²) in [5.74, 6) is 1.36. The molecule has 4 rings (SSSR count). The first kappa shape index (κ1) is 21.8. The molecule has 31 heavy (non-hydrogen) atoms. The second kappa shape index (κ2) is 9.40. The summed E-state index contributed by atoms with van der Waals surface area (Å²) in [5.41, 5.74) is 9.69. The van der Waals surface area contributed by atoms with E-state index in [0.717, 1.165) is 38.3 Å². The maximum atomic E-state index is 13.6. The van der Waals surface area contributed by atoms with Crippen LogP contribution < -0.4 is 10.5 Å². The lowest BCUT2D eigenvalue weighted by molar-refractivity contribution is 0.0745. The third-order valence-corrected chi connectivity index (χ3v) is 6.91. The van der Waals surface area contributed by atoms with Gasteiger partial charge in [0, 0.05) is 17.6 Å². The number of amides is 1. The van der Waals surface area contributed by atoms with Gasteiger partial charge in [0.15, 0.2) is 5.13 Å². The topological polar surface area (TPSA) is 68.5 Å². The number of carbonyl (C=O) groups is 1. The van der Waals surface area contributed by atoms with Crippen molar-refractivity contribution in [2.45, 2.75) is 26.2 Å². The minimum atomic E-state index is -0.0506. The van der Waals surface area contributed by atoms with Gasteiger partial charge in [-0.05, 0) is 61.4 Å². The summed E-state index contributed by atoms with van der Waals surface area (Å²) < 4.78 is 6.51. The molecule has 1 heterocycles. The lowest BCUT2D eigenvalue weighted by Crippen LogP contribution is -2.35. The van der Waals surface area contributed by atoms with E-state index in [4.69, 9.17) is 10.5 Å². The average Bonchev–Trinajstić information content (AvgIpc) is 3.49. The van der Waals surface area contributed by atoms with Crippen molar-refractivity contribution in [3.63, 3.8) is 0 Å². The Balaban J connectivity index is 1.60. The molecule has 2 N–H and O–H groups in total. The average molecular weight is 500 g/mol. The molecule has 1 aromatic heterocycles. The molecule has 1 saturated carbocycles. The Morgan fingerprint density at radius 2 is 2.10 bits per heavy atom. The number of hydrogen-bond acceptors (Lipinski definition) is 5. The summed E-state index contributed by atoms with van der Waals surface area (Å²) in [6, 6.07) is 14.1. The van der Waals surface area contributed by atoms with E-state index in [1.807, 2.05) is 42.2 Å². The van der Waals surface area contributed by atoms with Gasteiger partial charge in [-0.15, -0.1) is 0 Å². The molecule has 0 saturated heterocycles. The molecule has 2 aromatic carbocycles. The number of thiazole rings is 1. The Morgan fingerprint density at radius 3 is 2.81 bits per heavy atom. The van der Waals surface area contributed by atoms with Gasteiger partial charge in [-0.25, -0.2) is 4.98 Å². The normalized spacial score (nSPS) is 13.3. The number of aromatic nitrogens is 1. The maximum absolute atomic E-state index is 13.6. The Hall–Kier alpha value is -2.38. The number of benzene rings is 2. The van der Waals surface area contributed by atoms with Crippen LogP contribution in [0.25, 0.3) is 10.4 Å². The fraction of sp³-hybridized carbons (Fsp3) is 0.333. The maximum Gasteiger partial charge on any atom is 0.274 e. The van der Waals surface area contributed by atoms with Crippen molar-refractivity contribution >= 4 is 38.3 Å². The van der Waals surface area contributed by atoms with Crippen molar-refractivity contribution < 1.29 is 9.53 Å². The van der Waals surface area contributed by atoms with Gasteiger partial charge < -0.3 is 15.4 Å². The van der Waals surface area contributed by atoms with Gasteiger partial charge in [-0.1, -0.05) is 57.1 Å². The molecule has 162 valence electrons. The van der Waals surface area contributed by atoms with Crippen molar-refractivity contribution in [1.29, 1.82) is 0 Å². The fourth-order valence-electron chi connectivity index (χ4n) is 3.70. The summed E-state index contributed by atoms with van der Waals surface area (Å²) >= 11 is 4.91. The molecule has 0 spiro atoms. The molecule has 3 aromatic rings. The van der Waals surface area contributed by atoms with Crippen LogP contribution in [0.3, 0.4) is 0 Å². The van der Waals surface area contributed by atoms with E-state index >= 15 is 0 Å². The number of methoxy groups -OCH3 is 1. The molecule has 0 radical (unpaired) electrons. The first-order valence-corrected chi connectivity index (χ1v) is 12.0. The highest BCUT2D eigenvalue weighted by molar-refractivity contribution is 9.10. The number of carbonyl (C=O) groups excluding carboxylic acids is 1. The molecule has 1 aliphatic rings.